The first-order valence-corrected chi connectivity index (χ1v) is 5.61. The molecule has 0 aromatic heterocycles. The Kier molecular flexibility index (Phi) is 3.42. The van der Waals surface area contributed by atoms with Crippen molar-refractivity contribution in [1.29, 1.82) is 0 Å². The van der Waals surface area contributed by atoms with Gasteiger partial charge in [-0.15, -0.1) is 0 Å². The molecule has 1 aromatic rings. The van der Waals surface area contributed by atoms with E-state index in [0.29, 0.717) is 5.69 Å². The summed E-state index contributed by atoms with van der Waals surface area (Å²) in [6.45, 7) is 1.62. The molecule has 1 amide bonds. The van der Waals surface area contributed by atoms with Crippen LogP contribution in [0.5, 0.6) is 0 Å². The second-order valence-corrected chi connectivity index (χ2v) is 4.09. The summed E-state index contributed by atoms with van der Waals surface area (Å²) in [5.74, 6) is -0.736. The summed E-state index contributed by atoms with van der Waals surface area (Å²) >= 11 is 0. The number of carbonyl (C=O) groups is 1. The normalized spacial score (nSPS) is 14.6. The van der Waals surface area contributed by atoms with Crippen molar-refractivity contribution in [2.75, 3.05) is 18.0 Å². The summed E-state index contributed by atoms with van der Waals surface area (Å²) in [4.78, 5) is 23.7. The van der Waals surface area contributed by atoms with Gasteiger partial charge < -0.3 is 4.90 Å². The van der Waals surface area contributed by atoms with Crippen LogP contribution in [0.2, 0.25) is 0 Å². The Bertz CT molecular complexity index is 483. The summed E-state index contributed by atoms with van der Waals surface area (Å²) < 4.78 is 0. The summed E-state index contributed by atoms with van der Waals surface area (Å²) in [6.07, 6.45) is 2.05. The number of rotatable bonds is 3. The summed E-state index contributed by atoms with van der Waals surface area (Å²) in [7, 11) is 0. The van der Waals surface area contributed by atoms with Gasteiger partial charge in [0, 0.05) is 25.2 Å². The lowest BCUT2D eigenvalue weighted by atomic mass is 10.1. The first-order valence-electron chi connectivity index (χ1n) is 5.61. The monoisotopic (exact) mass is 251 g/mol. The van der Waals surface area contributed by atoms with Crippen LogP contribution in [-0.2, 0) is 0 Å². The van der Waals surface area contributed by atoms with Crippen LogP contribution in [0.25, 0.3) is 0 Å². The van der Waals surface area contributed by atoms with E-state index in [9.17, 15) is 14.9 Å². The average Bonchev–Trinajstić information content (AvgIpc) is 2.90. The number of nitrogens with zero attached hydrogens (tertiary/aromatic N) is 2. The number of carbonyl (C=O) groups excluding carboxylic acids is 1. The molecule has 96 valence electrons. The Hall–Kier alpha value is -2.15. The first-order chi connectivity index (χ1) is 8.63. The van der Waals surface area contributed by atoms with Gasteiger partial charge in [0.05, 0.1) is 16.2 Å². The van der Waals surface area contributed by atoms with Crippen molar-refractivity contribution in [1.82, 2.24) is 5.48 Å². The highest BCUT2D eigenvalue weighted by molar-refractivity contribution is 5.99. The fraction of sp³-hybridized carbons (Fsp3) is 0.364. The molecule has 0 aliphatic carbocycles. The maximum atomic E-state index is 11.6. The van der Waals surface area contributed by atoms with Gasteiger partial charge in [-0.05, 0) is 18.9 Å². The molecule has 1 fully saturated rings. The first kappa shape index (κ1) is 12.3. The second kappa shape index (κ2) is 5.01. The molecule has 2 N–H and O–H groups in total. The summed E-state index contributed by atoms with van der Waals surface area (Å²) in [5, 5.41) is 19.4. The molecule has 18 heavy (non-hydrogen) atoms. The molecule has 1 heterocycles. The van der Waals surface area contributed by atoms with Crippen molar-refractivity contribution in [2.45, 2.75) is 12.8 Å². The van der Waals surface area contributed by atoms with Crippen LogP contribution in [0, 0.1) is 10.1 Å². The van der Waals surface area contributed by atoms with E-state index in [2.05, 4.69) is 0 Å². The Morgan fingerprint density at radius 2 is 2.06 bits per heavy atom. The Morgan fingerprint density at radius 3 is 2.61 bits per heavy atom. The van der Waals surface area contributed by atoms with Crippen LogP contribution >= 0.6 is 0 Å². The highest BCUT2D eigenvalue weighted by atomic mass is 16.6. The quantitative estimate of drug-likeness (QED) is 0.479. The lowest BCUT2D eigenvalue weighted by Gasteiger charge is -2.20. The zero-order valence-electron chi connectivity index (χ0n) is 9.63. The van der Waals surface area contributed by atoms with Crippen LogP contribution in [0.4, 0.5) is 11.4 Å². The molecule has 0 saturated carbocycles. The zero-order valence-corrected chi connectivity index (χ0v) is 9.63. The molecule has 2 rings (SSSR count). The number of non-ortho nitro benzene ring substituents is 1. The molecule has 0 bridgehead atoms. The Morgan fingerprint density at radius 1 is 1.39 bits per heavy atom. The Labute approximate surface area is 103 Å². The fourth-order valence-electron chi connectivity index (χ4n) is 2.11. The summed E-state index contributed by atoms with van der Waals surface area (Å²) in [5.41, 5.74) is 2.09. The number of hydrogen-bond donors (Lipinski definition) is 2. The van der Waals surface area contributed by atoms with E-state index in [1.165, 1.54) is 17.6 Å². The van der Waals surface area contributed by atoms with Crippen molar-refractivity contribution < 1.29 is 14.9 Å². The molecule has 1 aromatic carbocycles. The SMILES string of the molecule is O=C(NO)c1cc([N+](=O)[O-])ccc1N1CCCC1. The molecule has 7 heteroatoms. The topological polar surface area (TPSA) is 95.7 Å². The van der Waals surface area contributed by atoms with Crippen molar-refractivity contribution >= 4 is 17.3 Å². The molecular weight excluding hydrogens is 238 g/mol. The molecule has 0 spiro atoms. The predicted molar refractivity (Wildman–Crippen MR) is 63.8 cm³/mol. The zero-order chi connectivity index (χ0) is 13.1. The molecular formula is C11H13N3O4. The Balaban J connectivity index is 2.44. The number of anilines is 1. The molecule has 0 atom stereocenters. The van der Waals surface area contributed by atoms with Gasteiger partial charge in [0.1, 0.15) is 0 Å². The molecule has 7 nitrogen and oxygen atoms in total. The van der Waals surface area contributed by atoms with Crippen molar-refractivity contribution in [2.24, 2.45) is 0 Å². The van der Waals surface area contributed by atoms with Gasteiger partial charge in [-0.3, -0.25) is 20.1 Å². The minimum Gasteiger partial charge on any atom is -0.371 e. The van der Waals surface area contributed by atoms with Crippen molar-refractivity contribution in [3.8, 4) is 0 Å². The van der Waals surface area contributed by atoms with Crippen LogP contribution in [-0.4, -0.2) is 29.1 Å². The van der Waals surface area contributed by atoms with Gasteiger partial charge in [0.25, 0.3) is 11.6 Å². The van der Waals surface area contributed by atoms with Crippen LogP contribution in [0.1, 0.15) is 23.2 Å². The third-order valence-electron chi connectivity index (χ3n) is 2.98. The van der Waals surface area contributed by atoms with Crippen LogP contribution in [0.3, 0.4) is 0 Å². The van der Waals surface area contributed by atoms with E-state index >= 15 is 0 Å². The van der Waals surface area contributed by atoms with Crippen molar-refractivity contribution in [3.63, 3.8) is 0 Å². The third kappa shape index (κ3) is 2.25. The van der Waals surface area contributed by atoms with Gasteiger partial charge in [-0.1, -0.05) is 0 Å². The summed E-state index contributed by atoms with van der Waals surface area (Å²) in [6, 6.07) is 4.09. The molecule has 0 unspecified atom stereocenters. The number of hydrogen-bond acceptors (Lipinski definition) is 5. The van der Waals surface area contributed by atoms with E-state index in [1.54, 1.807) is 6.07 Å². The average molecular weight is 251 g/mol. The number of amides is 1. The number of nitro benzene ring substituents is 1. The van der Waals surface area contributed by atoms with Gasteiger partial charge in [0.2, 0.25) is 0 Å². The van der Waals surface area contributed by atoms with Gasteiger partial charge >= 0.3 is 0 Å². The highest BCUT2D eigenvalue weighted by Crippen LogP contribution is 2.28. The second-order valence-electron chi connectivity index (χ2n) is 4.09. The lowest BCUT2D eigenvalue weighted by molar-refractivity contribution is -0.384. The number of nitro groups is 1. The molecule has 0 radical (unpaired) electrons. The standard InChI is InChI=1S/C11H13N3O4/c15-11(12-16)9-7-8(14(17)18)3-4-10(9)13-5-1-2-6-13/h3-4,7,16H,1-2,5-6H2,(H,12,15). The molecule has 1 aliphatic heterocycles. The smallest absolute Gasteiger partial charge is 0.276 e. The van der Waals surface area contributed by atoms with Gasteiger partial charge in [-0.25, -0.2) is 5.48 Å². The van der Waals surface area contributed by atoms with Gasteiger partial charge in [-0.2, -0.15) is 0 Å². The van der Waals surface area contributed by atoms with E-state index in [4.69, 9.17) is 5.21 Å². The minimum absolute atomic E-state index is 0.119. The van der Waals surface area contributed by atoms with E-state index in [0.717, 1.165) is 25.9 Å². The maximum absolute atomic E-state index is 11.6. The number of benzene rings is 1. The predicted octanol–water partition coefficient (Wildman–Crippen LogP) is 1.31. The number of hydroxylamine groups is 1. The van der Waals surface area contributed by atoms with E-state index in [1.807, 2.05) is 4.90 Å². The third-order valence-corrected chi connectivity index (χ3v) is 2.98. The van der Waals surface area contributed by atoms with Crippen molar-refractivity contribution in [3.05, 3.63) is 33.9 Å². The van der Waals surface area contributed by atoms with Gasteiger partial charge in [0.15, 0.2) is 0 Å². The largest absolute Gasteiger partial charge is 0.371 e. The van der Waals surface area contributed by atoms with E-state index < -0.39 is 10.8 Å². The number of nitrogens with one attached hydrogen (secondary N) is 1. The minimum atomic E-state index is -0.736. The maximum Gasteiger partial charge on any atom is 0.276 e. The van der Waals surface area contributed by atoms with E-state index in [-0.39, 0.29) is 11.3 Å². The highest BCUT2D eigenvalue weighted by Gasteiger charge is 2.22. The fourth-order valence-corrected chi connectivity index (χ4v) is 2.11. The lowest BCUT2D eigenvalue weighted by Crippen LogP contribution is -2.25. The van der Waals surface area contributed by atoms with Crippen LogP contribution in [0.15, 0.2) is 18.2 Å². The van der Waals surface area contributed by atoms with Crippen LogP contribution < -0.4 is 10.4 Å². The molecule has 1 aliphatic rings. The molecule has 1 saturated heterocycles.